The van der Waals surface area contributed by atoms with Crippen molar-refractivity contribution >= 4 is 18.2 Å². The number of rotatable bonds is 7. The normalized spacial score (nSPS) is 19.7. The molecular weight excluding hydrogens is 584 g/mol. The Labute approximate surface area is 255 Å². The van der Waals surface area contributed by atoms with Gasteiger partial charge >= 0.3 is 12.2 Å². The van der Waals surface area contributed by atoms with Gasteiger partial charge in [0, 0.05) is 71.4 Å². The van der Waals surface area contributed by atoms with Crippen molar-refractivity contribution < 1.29 is 34.7 Å². The average Bonchev–Trinajstić information content (AvgIpc) is 3.00. The summed E-state index contributed by atoms with van der Waals surface area (Å²) in [5, 5.41) is 3.08. The average molecular weight is 625 g/mol. The van der Waals surface area contributed by atoms with Crippen molar-refractivity contribution in [3.63, 3.8) is 0 Å². The molecule has 44 heavy (non-hydrogen) atoms. The summed E-state index contributed by atoms with van der Waals surface area (Å²) in [6, 6.07) is 5.47. The molecule has 0 amide bonds. The van der Waals surface area contributed by atoms with Gasteiger partial charge in [-0.25, -0.2) is 9.37 Å². The zero-order valence-electron chi connectivity index (χ0n) is 24.8. The molecule has 0 bridgehead atoms. The number of likely N-dealkylation sites (N-methyl/N-ethyl adjacent to an activating group) is 1. The van der Waals surface area contributed by atoms with E-state index >= 15 is 4.39 Å². The van der Waals surface area contributed by atoms with Gasteiger partial charge in [0.05, 0.1) is 35.8 Å². The minimum Gasteiger partial charge on any atom is -0.460 e. The van der Waals surface area contributed by atoms with E-state index in [-0.39, 0.29) is 50.4 Å². The summed E-state index contributed by atoms with van der Waals surface area (Å²) in [7, 11) is 2.03. The van der Waals surface area contributed by atoms with E-state index in [4.69, 9.17) is 14.3 Å². The molecule has 0 radical (unpaired) electrons. The van der Waals surface area contributed by atoms with E-state index in [1.807, 2.05) is 18.7 Å². The van der Waals surface area contributed by atoms with Crippen molar-refractivity contribution in [1.29, 1.82) is 0 Å². The summed E-state index contributed by atoms with van der Waals surface area (Å²) >= 11 is 0. The summed E-state index contributed by atoms with van der Waals surface area (Å²) in [5.41, 5.74) is -0.649. The number of hydrogen-bond acceptors (Lipinski definition) is 9. The van der Waals surface area contributed by atoms with Crippen LogP contribution in [0.25, 0.3) is 11.3 Å². The highest BCUT2D eigenvalue weighted by Crippen LogP contribution is 2.37. The first-order valence-electron chi connectivity index (χ1n) is 14.2. The fourth-order valence-electron chi connectivity index (χ4n) is 5.36. The van der Waals surface area contributed by atoms with Crippen molar-refractivity contribution in [2.45, 2.75) is 57.6 Å². The molecule has 2 aromatic heterocycles. The number of aromatic nitrogens is 3. The number of hydrogen-bond donors (Lipinski definition) is 2. The minimum atomic E-state index is -4.72. The van der Waals surface area contributed by atoms with Crippen LogP contribution in [-0.4, -0.2) is 78.2 Å². The fourth-order valence-corrected chi connectivity index (χ4v) is 5.36. The zero-order chi connectivity index (χ0) is 32.0. The molecule has 2 aliphatic rings. The molecule has 3 aromatic rings. The third-order valence-electron chi connectivity index (χ3n) is 7.92. The molecule has 2 saturated heterocycles. The molecule has 2 N–H and O–H groups in total. The number of halogens is 4. The number of carbonyl (C=O) groups excluding carboxylic acids is 1. The number of pyridine rings is 1. The molecule has 0 spiro atoms. The fraction of sp³-hybridized carbons (Fsp3) is 0.467. The number of piperazine rings is 1. The summed E-state index contributed by atoms with van der Waals surface area (Å²) in [6.45, 7) is 8.21. The van der Waals surface area contributed by atoms with Gasteiger partial charge in [-0.15, -0.1) is 0 Å². The van der Waals surface area contributed by atoms with E-state index in [2.05, 4.69) is 39.0 Å². The number of H-pyrrole nitrogens is 1. The van der Waals surface area contributed by atoms with Crippen molar-refractivity contribution in [2.24, 2.45) is 0 Å². The molecule has 0 saturated carbocycles. The predicted octanol–water partition coefficient (Wildman–Crippen LogP) is 5.00. The molecule has 2 fully saturated rings. The van der Waals surface area contributed by atoms with Crippen LogP contribution in [0.3, 0.4) is 0 Å². The van der Waals surface area contributed by atoms with E-state index in [0.717, 1.165) is 6.20 Å². The molecule has 4 heterocycles. The predicted molar refractivity (Wildman–Crippen MR) is 162 cm³/mol. The van der Waals surface area contributed by atoms with Crippen molar-refractivity contribution in [3.8, 4) is 17.3 Å². The third kappa shape index (κ3) is 7.72. The van der Waals surface area contributed by atoms with Crippen LogP contribution in [0.15, 0.2) is 41.5 Å². The Morgan fingerprint density at radius 1 is 1.16 bits per heavy atom. The SMILES string of the molecule is C=O.C[C@@H]1CN(c2cc(F)c(-c3ccnc(OC4CCOCC4)n3)cc2NCc2c[nH]c(=O)cc2C(F)(F)F)C[C@H](C)N1C.[HH].[HH]. The maximum absolute atomic E-state index is 15.8. The number of nitrogens with zero attached hydrogens (tertiary/aromatic N) is 4. The maximum Gasteiger partial charge on any atom is 0.416 e. The lowest BCUT2D eigenvalue weighted by Gasteiger charge is -2.44. The molecule has 14 heteroatoms. The highest BCUT2D eigenvalue weighted by atomic mass is 19.4. The maximum atomic E-state index is 15.8. The third-order valence-corrected chi connectivity index (χ3v) is 7.92. The summed E-state index contributed by atoms with van der Waals surface area (Å²) in [6.07, 6.45) is -0.912. The van der Waals surface area contributed by atoms with Gasteiger partial charge in [-0.3, -0.25) is 9.69 Å². The molecule has 0 unspecified atom stereocenters. The van der Waals surface area contributed by atoms with E-state index in [0.29, 0.717) is 56.6 Å². The Morgan fingerprint density at radius 3 is 2.50 bits per heavy atom. The van der Waals surface area contributed by atoms with Crippen LogP contribution in [0.1, 0.15) is 40.7 Å². The summed E-state index contributed by atoms with van der Waals surface area (Å²) in [5.74, 6) is -0.537. The lowest BCUT2D eigenvalue weighted by atomic mass is 10.0. The Bertz CT molecular complexity index is 1480. The van der Waals surface area contributed by atoms with Crippen LogP contribution >= 0.6 is 0 Å². The van der Waals surface area contributed by atoms with E-state index in [1.54, 1.807) is 12.1 Å². The first kappa shape index (κ1) is 32.9. The van der Waals surface area contributed by atoms with Gasteiger partial charge in [-0.1, -0.05) is 0 Å². The van der Waals surface area contributed by atoms with Crippen LogP contribution in [0.4, 0.5) is 28.9 Å². The highest BCUT2D eigenvalue weighted by Gasteiger charge is 2.34. The number of anilines is 2. The number of nitrogens with one attached hydrogen (secondary N) is 2. The first-order valence-corrected chi connectivity index (χ1v) is 14.2. The van der Waals surface area contributed by atoms with Crippen molar-refractivity contribution in [3.05, 3.63) is 64.0 Å². The second kappa shape index (κ2) is 14.2. The van der Waals surface area contributed by atoms with E-state index < -0.39 is 23.1 Å². The van der Waals surface area contributed by atoms with Crippen LogP contribution < -0.4 is 20.5 Å². The van der Waals surface area contributed by atoms with Crippen LogP contribution in [-0.2, 0) is 22.3 Å². The van der Waals surface area contributed by atoms with Crippen LogP contribution in [0, 0.1) is 5.82 Å². The summed E-state index contributed by atoms with van der Waals surface area (Å²) in [4.78, 5) is 34.8. The van der Waals surface area contributed by atoms with Gasteiger partial charge in [0.15, 0.2) is 0 Å². The number of alkyl halides is 3. The Hall–Kier alpha value is -4.04. The number of aromatic amines is 1. The number of ether oxygens (including phenoxy) is 2. The van der Waals surface area contributed by atoms with E-state index in [1.165, 1.54) is 12.3 Å². The lowest BCUT2D eigenvalue weighted by Crippen LogP contribution is -2.55. The Morgan fingerprint density at radius 2 is 1.84 bits per heavy atom. The Balaban J connectivity index is 0.00000181. The highest BCUT2D eigenvalue weighted by molar-refractivity contribution is 5.78. The van der Waals surface area contributed by atoms with Gasteiger partial charge < -0.3 is 29.5 Å². The molecule has 10 nitrogen and oxygen atoms in total. The van der Waals surface area contributed by atoms with Crippen LogP contribution in [0.5, 0.6) is 6.01 Å². The van der Waals surface area contributed by atoms with Crippen LogP contribution in [0.2, 0.25) is 0 Å². The lowest BCUT2D eigenvalue weighted by molar-refractivity contribution is -0.138. The zero-order valence-corrected chi connectivity index (χ0v) is 24.8. The van der Waals surface area contributed by atoms with E-state index in [9.17, 15) is 18.0 Å². The second-order valence-corrected chi connectivity index (χ2v) is 10.9. The minimum absolute atomic E-state index is 0. The molecule has 242 valence electrons. The standard InChI is InChI=1S/C29H34F4N6O3.CH2O.2H2/c1-17-15-39(16-18(2)38(17)3)26-12-23(30)21(24-4-7-34-28(37-24)42-20-5-8-41-9-6-20)10-25(26)35-13-19-14-36-27(40)11-22(19)29(31,32)33;1-2;;/h4,7,10-12,14,17-18,20,35H,5-6,8-9,13,15-16H2,1-3H3,(H,36,40);1H2;2*1H/t17-,18+;;;. The molecule has 2 aliphatic heterocycles. The monoisotopic (exact) mass is 624 g/mol. The topological polar surface area (TPSA) is 113 Å². The second-order valence-electron chi connectivity index (χ2n) is 10.9. The smallest absolute Gasteiger partial charge is 0.416 e. The summed E-state index contributed by atoms with van der Waals surface area (Å²) < 4.78 is 68.2. The largest absolute Gasteiger partial charge is 0.460 e. The molecule has 2 atom stereocenters. The Kier molecular flexibility index (Phi) is 10.6. The molecule has 0 aliphatic carbocycles. The van der Waals surface area contributed by atoms with Crippen molar-refractivity contribution in [2.75, 3.05) is 43.6 Å². The van der Waals surface area contributed by atoms with Gasteiger partial charge in [0.1, 0.15) is 18.7 Å². The van der Waals surface area contributed by atoms with Crippen molar-refractivity contribution in [1.82, 2.24) is 19.9 Å². The van der Waals surface area contributed by atoms with Gasteiger partial charge in [0.25, 0.3) is 0 Å². The molecular formula is C30H40F4N6O4. The van der Waals surface area contributed by atoms with Gasteiger partial charge in [-0.05, 0) is 44.7 Å². The number of carbonyl (C=O) groups is 1. The quantitative estimate of drug-likeness (QED) is 0.351. The molecule has 5 rings (SSSR count). The number of benzene rings is 1. The first-order chi connectivity index (χ1) is 21.0. The molecule has 1 aromatic carbocycles. The van der Waals surface area contributed by atoms with Gasteiger partial charge in [-0.2, -0.15) is 18.2 Å². The van der Waals surface area contributed by atoms with Gasteiger partial charge in [0.2, 0.25) is 5.56 Å².